The lowest BCUT2D eigenvalue weighted by atomic mass is 9.97. The van der Waals surface area contributed by atoms with Gasteiger partial charge in [0.1, 0.15) is 0 Å². The van der Waals surface area contributed by atoms with Crippen molar-refractivity contribution in [2.24, 2.45) is 0 Å². The van der Waals surface area contributed by atoms with E-state index in [2.05, 4.69) is 27.7 Å². The van der Waals surface area contributed by atoms with Crippen molar-refractivity contribution in [2.75, 3.05) is 6.61 Å². The Morgan fingerprint density at radius 2 is 1.81 bits per heavy atom. The summed E-state index contributed by atoms with van der Waals surface area (Å²) in [6.45, 7) is 11.0. The Kier molecular flexibility index (Phi) is 5.77. The second kappa shape index (κ2) is 6.61. The molecule has 1 fully saturated rings. The lowest BCUT2D eigenvalue weighted by Crippen LogP contribution is -2.26. The van der Waals surface area contributed by atoms with Crippen molar-refractivity contribution in [3.63, 3.8) is 0 Å². The van der Waals surface area contributed by atoms with Crippen LogP contribution in [0.25, 0.3) is 0 Å². The Labute approximate surface area is 101 Å². The molecule has 1 unspecified atom stereocenters. The molecule has 16 heavy (non-hydrogen) atoms. The van der Waals surface area contributed by atoms with E-state index >= 15 is 0 Å². The van der Waals surface area contributed by atoms with Gasteiger partial charge in [0.2, 0.25) is 0 Å². The van der Waals surface area contributed by atoms with Gasteiger partial charge in [-0.3, -0.25) is 0 Å². The minimum Gasteiger partial charge on any atom is -0.376 e. The summed E-state index contributed by atoms with van der Waals surface area (Å²) in [6.07, 6.45) is 7.86. The van der Waals surface area contributed by atoms with Gasteiger partial charge >= 0.3 is 0 Å². The summed E-state index contributed by atoms with van der Waals surface area (Å²) >= 11 is 0. The van der Waals surface area contributed by atoms with E-state index in [9.17, 15) is 0 Å². The lowest BCUT2D eigenvalue weighted by molar-refractivity contribution is -0.0484. The average molecular weight is 227 g/mol. The maximum absolute atomic E-state index is 5.91. The Morgan fingerprint density at radius 3 is 2.38 bits per heavy atom. The highest BCUT2D eigenvalue weighted by molar-refractivity contribution is 4.70. The molecular formula is C14H27O2. The summed E-state index contributed by atoms with van der Waals surface area (Å²) in [7, 11) is 0. The van der Waals surface area contributed by atoms with E-state index in [1.54, 1.807) is 0 Å². The number of hydrogen-bond acceptors (Lipinski definition) is 2. The van der Waals surface area contributed by atoms with Crippen LogP contribution in [0.5, 0.6) is 0 Å². The zero-order valence-corrected chi connectivity index (χ0v) is 11.1. The lowest BCUT2D eigenvalue weighted by Gasteiger charge is -2.26. The maximum atomic E-state index is 5.91. The van der Waals surface area contributed by atoms with Crippen molar-refractivity contribution >= 4 is 0 Å². The van der Waals surface area contributed by atoms with Crippen LogP contribution in [0.3, 0.4) is 0 Å². The predicted molar refractivity (Wildman–Crippen MR) is 67.4 cm³/mol. The van der Waals surface area contributed by atoms with Crippen LogP contribution >= 0.6 is 0 Å². The second-order valence-corrected chi connectivity index (χ2v) is 5.77. The number of rotatable bonds is 5. The minimum absolute atomic E-state index is 0.0510. The van der Waals surface area contributed by atoms with Crippen molar-refractivity contribution in [1.82, 2.24) is 0 Å². The highest BCUT2D eigenvalue weighted by atomic mass is 16.5. The van der Waals surface area contributed by atoms with Crippen LogP contribution in [0.4, 0.5) is 0 Å². The average Bonchev–Trinajstić information content (AvgIpc) is 2.17. The molecular weight excluding hydrogens is 200 g/mol. The third-order valence-electron chi connectivity index (χ3n) is 2.91. The Bertz CT molecular complexity index is 178. The van der Waals surface area contributed by atoms with E-state index in [0.717, 1.165) is 13.0 Å². The van der Waals surface area contributed by atoms with Gasteiger partial charge < -0.3 is 9.47 Å². The van der Waals surface area contributed by atoms with Gasteiger partial charge in [0, 0.05) is 6.61 Å². The van der Waals surface area contributed by atoms with E-state index in [1.165, 1.54) is 32.1 Å². The predicted octanol–water partition coefficient (Wildman–Crippen LogP) is 3.74. The molecule has 0 N–H and O–H groups in total. The molecule has 1 aliphatic carbocycles. The molecule has 0 aromatic rings. The molecule has 0 aromatic carbocycles. The van der Waals surface area contributed by atoms with Crippen LogP contribution in [0.2, 0.25) is 0 Å². The van der Waals surface area contributed by atoms with Gasteiger partial charge in [-0.05, 0) is 47.0 Å². The van der Waals surface area contributed by atoms with Crippen molar-refractivity contribution in [2.45, 2.75) is 77.1 Å². The van der Waals surface area contributed by atoms with Gasteiger partial charge in [-0.2, -0.15) is 0 Å². The molecule has 0 aromatic heterocycles. The van der Waals surface area contributed by atoms with Crippen molar-refractivity contribution in [3.05, 3.63) is 6.92 Å². The Balaban J connectivity index is 2.08. The largest absolute Gasteiger partial charge is 0.376 e. The van der Waals surface area contributed by atoms with Crippen molar-refractivity contribution in [3.8, 4) is 0 Å². The molecule has 1 atom stereocenters. The van der Waals surface area contributed by atoms with Crippen LogP contribution in [0.1, 0.15) is 59.3 Å². The quantitative estimate of drug-likeness (QED) is 0.712. The summed E-state index contributed by atoms with van der Waals surface area (Å²) in [6, 6.07) is 0. The molecule has 2 nitrogen and oxygen atoms in total. The van der Waals surface area contributed by atoms with E-state index < -0.39 is 0 Å². The molecule has 1 saturated carbocycles. The third kappa shape index (κ3) is 6.49. The van der Waals surface area contributed by atoms with Gasteiger partial charge in [0.25, 0.3) is 0 Å². The fourth-order valence-corrected chi connectivity index (χ4v) is 2.04. The summed E-state index contributed by atoms with van der Waals surface area (Å²) in [5.41, 5.74) is -0.0510. The molecule has 0 amide bonds. The van der Waals surface area contributed by atoms with Gasteiger partial charge in [-0.15, -0.1) is 0 Å². The Hall–Kier alpha value is -0.0800. The summed E-state index contributed by atoms with van der Waals surface area (Å²) in [4.78, 5) is 0. The van der Waals surface area contributed by atoms with Crippen LogP contribution in [0.15, 0.2) is 0 Å². The first kappa shape index (κ1) is 14.0. The van der Waals surface area contributed by atoms with Gasteiger partial charge in [-0.1, -0.05) is 19.3 Å². The fraction of sp³-hybridized carbons (Fsp3) is 0.929. The van der Waals surface area contributed by atoms with Gasteiger partial charge in [-0.25, -0.2) is 0 Å². The van der Waals surface area contributed by atoms with Crippen LogP contribution < -0.4 is 0 Å². The van der Waals surface area contributed by atoms with Crippen LogP contribution in [0, 0.1) is 6.92 Å². The SMILES string of the molecule is [CH2]C(CCOC(C)(C)C)OC1CCCCC1. The fourth-order valence-electron chi connectivity index (χ4n) is 2.04. The number of hydrogen-bond donors (Lipinski definition) is 0. The topological polar surface area (TPSA) is 18.5 Å². The summed E-state index contributed by atoms with van der Waals surface area (Å²) in [5.74, 6) is 0. The number of ether oxygens (including phenoxy) is 2. The Morgan fingerprint density at radius 1 is 1.19 bits per heavy atom. The first-order valence-electron chi connectivity index (χ1n) is 6.60. The van der Waals surface area contributed by atoms with Crippen molar-refractivity contribution < 1.29 is 9.47 Å². The normalized spacial score (nSPS) is 21.0. The van der Waals surface area contributed by atoms with Crippen LogP contribution in [-0.4, -0.2) is 24.4 Å². The molecule has 0 spiro atoms. The molecule has 0 heterocycles. The minimum atomic E-state index is -0.0510. The van der Waals surface area contributed by atoms with E-state index in [1.807, 2.05) is 0 Å². The summed E-state index contributed by atoms with van der Waals surface area (Å²) in [5, 5.41) is 0. The second-order valence-electron chi connectivity index (χ2n) is 5.77. The van der Waals surface area contributed by atoms with E-state index in [-0.39, 0.29) is 11.7 Å². The zero-order valence-electron chi connectivity index (χ0n) is 11.1. The van der Waals surface area contributed by atoms with E-state index in [0.29, 0.717) is 6.10 Å². The molecule has 0 saturated heterocycles. The molecule has 1 rings (SSSR count). The maximum Gasteiger partial charge on any atom is 0.0601 e. The van der Waals surface area contributed by atoms with Crippen molar-refractivity contribution in [1.29, 1.82) is 0 Å². The first-order valence-corrected chi connectivity index (χ1v) is 6.60. The molecule has 95 valence electrons. The molecule has 0 aliphatic heterocycles. The van der Waals surface area contributed by atoms with Gasteiger partial charge in [0.05, 0.1) is 17.8 Å². The van der Waals surface area contributed by atoms with Crippen LogP contribution in [-0.2, 0) is 9.47 Å². The summed E-state index contributed by atoms with van der Waals surface area (Å²) < 4.78 is 11.6. The zero-order chi connectivity index (χ0) is 12.0. The van der Waals surface area contributed by atoms with E-state index in [4.69, 9.17) is 9.47 Å². The first-order chi connectivity index (χ1) is 7.47. The third-order valence-corrected chi connectivity index (χ3v) is 2.91. The molecule has 2 heteroatoms. The molecule has 1 radical (unpaired) electrons. The standard InChI is InChI=1S/C14H27O2/c1-12(10-11-15-14(2,3)4)16-13-8-6-5-7-9-13/h12-13H,1,5-11H2,2-4H3. The van der Waals surface area contributed by atoms with Gasteiger partial charge in [0.15, 0.2) is 0 Å². The highest BCUT2D eigenvalue weighted by Crippen LogP contribution is 2.22. The molecule has 0 bridgehead atoms. The monoisotopic (exact) mass is 227 g/mol. The smallest absolute Gasteiger partial charge is 0.0601 e. The molecule has 1 aliphatic rings. The highest BCUT2D eigenvalue weighted by Gasteiger charge is 2.17.